The molecule has 0 amide bonds. The van der Waals surface area contributed by atoms with Crippen molar-refractivity contribution in [2.75, 3.05) is 13.2 Å². The van der Waals surface area contributed by atoms with Crippen molar-refractivity contribution >= 4 is 28.4 Å². The average Bonchev–Trinajstić information content (AvgIpc) is 3.32. The van der Waals surface area contributed by atoms with Crippen LogP contribution in [0.15, 0.2) is 70.5 Å². The molecule has 4 aromatic rings. The zero-order valence-corrected chi connectivity index (χ0v) is 16.6. The number of aromatic nitrogens is 4. The lowest BCUT2D eigenvalue weighted by Gasteiger charge is -2.13. The molecule has 1 fully saturated rings. The summed E-state index contributed by atoms with van der Waals surface area (Å²) in [5.74, 6) is 0. The number of carbonyl (C=O) groups is 1. The van der Waals surface area contributed by atoms with E-state index in [1.165, 1.54) is 16.7 Å². The van der Waals surface area contributed by atoms with Crippen molar-refractivity contribution in [2.45, 2.75) is 19.4 Å². The van der Waals surface area contributed by atoms with Crippen LogP contribution >= 0.6 is 0 Å². The van der Waals surface area contributed by atoms with E-state index in [4.69, 9.17) is 9.47 Å². The van der Waals surface area contributed by atoms with Gasteiger partial charge in [0.15, 0.2) is 6.29 Å². The summed E-state index contributed by atoms with van der Waals surface area (Å²) in [6, 6.07) is 13.5. The van der Waals surface area contributed by atoms with Gasteiger partial charge in [-0.15, -0.1) is 0 Å². The summed E-state index contributed by atoms with van der Waals surface area (Å²) in [4.78, 5) is 41.9. The molecule has 0 aliphatic carbocycles. The third-order valence-corrected chi connectivity index (χ3v) is 4.79. The van der Waals surface area contributed by atoms with Crippen molar-refractivity contribution in [1.29, 1.82) is 0 Å². The number of hydrogen-bond donors (Lipinski definition) is 0. The first kappa shape index (κ1) is 20.6. The molecule has 1 saturated heterocycles. The number of ether oxygens (including phenoxy) is 2. The molecule has 4 aromatic heterocycles. The maximum atomic E-state index is 11.8. The summed E-state index contributed by atoms with van der Waals surface area (Å²) in [5.41, 5.74) is 2.76. The Labute approximate surface area is 176 Å². The van der Waals surface area contributed by atoms with Crippen LogP contribution < -0.4 is 11.1 Å². The van der Waals surface area contributed by atoms with E-state index in [1.54, 1.807) is 41.2 Å². The van der Waals surface area contributed by atoms with E-state index in [9.17, 15) is 14.4 Å². The smallest absolute Gasteiger partial charge is 0.251 e. The third kappa shape index (κ3) is 4.57. The van der Waals surface area contributed by atoms with Gasteiger partial charge in [-0.05, 0) is 36.4 Å². The maximum Gasteiger partial charge on any atom is 0.251 e. The molecule has 5 heterocycles. The number of hydrogen-bond acceptors (Lipinski definition) is 7. The van der Waals surface area contributed by atoms with Crippen LogP contribution in [0.25, 0.3) is 22.1 Å². The molecule has 9 heteroatoms. The van der Waals surface area contributed by atoms with Crippen LogP contribution in [0.1, 0.15) is 0 Å². The highest BCUT2D eigenvalue weighted by molar-refractivity contribution is 5.75. The van der Waals surface area contributed by atoms with E-state index >= 15 is 0 Å². The lowest BCUT2D eigenvalue weighted by Crippen LogP contribution is -2.27. The zero-order chi connectivity index (χ0) is 21.6. The van der Waals surface area contributed by atoms with Crippen molar-refractivity contribution < 1.29 is 14.3 Å². The third-order valence-electron chi connectivity index (χ3n) is 4.79. The van der Waals surface area contributed by atoms with E-state index in [-0.39, 0.29) is 24.0 Å². The van der Waals surface area contributed by atoms with Gasteiger partial charge in [0.1, 0.15) is 6.29 Å². The van der Waals surface area contributed by atoms with E-state index in [2.05, 4.69) is 9.97 Å². The Morgan fingerprint density at radius 1 is 0.839 bits per heavy atom. The Morgan fingerprint density at radius 3 is 1.97 bits per heavy atom. The highest BCUT2D eigenvalue weighted by Crippen LogP contribution is 2.12. The summed E-state index contributed by atoms with van der Waals surface area (Å²) in [7, 11) is 0. The first-order chi connectivity index (χ1) is 15.2. The van der Waals surface area contributed by atoms with E-state index in [1.807, 2.05) is 12.1 Å². The van der Waals surface area contributed by atoms with Gasteiger partial charge in [-0.3, -0.25) is 24.1 Å². The Bertz CT molecular complexity index is 1320. The largest absolute Gasteiger partial charge is 0.348 e. The normalized spacial score (nSPS) is 13.8. The second-order valence-electron chi connectivity index (χ2n) is 6.72. The van der Waals surface area contributed by atoms with Gasteiger partial charge in [0, 0.05) is 24.5 Å². The summed E-state index contributed by atoms with van der Waals surface area (Å²) in [5, 5.41) is 0. The fourth-order valence-electron chi connectivity index (χ4n) is 3.36. The summed E-state index contributed by atoms with van der Waals surface area (Å²) >= 11 is 0. The Kier molecular flexibility index (Phi) is 6.25. The van der Waals surface area contributed by atoms with Crippen LogP contribution in [-0.4, -0.2) is 44.9 Å². The monoisotopic (exact) mass is 420 g/mol. The predicted molar refractivity (Wildman–Crippen MR) is 114 cm³/mol. The van der Waals surface area contributed by atoms with Crippen LogP contribution in [0.2, 0.25) is 0 Å². The lowest BCUT2D eigenvalue weighted by molar-refractivity contribution is -0.108. The zero-order valence-electron chi connectivity index (χ0n) is 16.6. The van der Waals surface area contributed by atoms with Crippen LogP contribution in [0.3, 0.4) is 0 Å². The van der Waals surface area contributed by atoms with Crippen molar-refractivity contribution in [2.24, 2.45) is 0 Å². The highest BCUT2D eigenvalue weighted by Gasteiger charge is 2.18. The molecule has 0 N–H and O–H groups in total. The number of fused-ring (bicyclic) bond motifs is 2. The van der Waals surface area contributed by atoms with Gasteiger partial charge in [0.05, 0.1) is 48.4 Å². The Balaban J connectivity index is 0.000000152. The molecule has 158 valence electrons. The number of nitrogens with zero attached hydrogens (tertiary/aromatic N) is 4. The molecule has 0 bridgehead atoms. The van der Waals surface area contributed by atoms with Gasteiger partial charge >= 0.3 is 0 Å². The molecule has 0 unspecified atom stereocenters. The number of carbonyl (C=O) groups excluding carboxylic acids is 1. The van der Waals surface area contributed by atoms with E-state index in [0.717, 1.165) is 11.0 Å². The van der Waals surface area contributed by atoms with Crippen molar-refractivity contribution in [3.05, 3.63) is 81.6 Å². The first-order valence-electron chi connectivity index (χ1n) is 9.73. The molecular weight excluding hydrogens is 400 g/mol. The minimum Gasteiger partial charge on any atom is -0.348 e. The van der Waals surface area contributed by atoms with E-state index < -0.39 is 0 Å². The van der Waals surface area contributed by atoms with Crippen molar-refractivity contribution in [3.8, 4) is 0 Å². The predicted octanol–water partition coefficient (Wildman–Crippen LogP) is 1.36. The first-order valence-corrected chi connectivity index (χ1v) is 9.73. The SMILES string of the molecule is O=CCn1c(=O)ccc2ncccc21.O=c1ccc2ncccc2n1CC1OCCO1. The van der Waals surface area contributed by atoms with Crippen molar-refractivity contribution in [1.82, 2.24) is 19.1 Å². The summed E-state index contributed by atoms with van der Waals surface area (Å²) in [6.07, 6.45) is 3.73. The Morgan fingerprint density at radius 2 is 1.39 bits per heavy atom. The van der Waals surface area contributed by atoms with Crippen LogP contribution in [0, 0.1) is 0 Å². The average molecular weight is 420 g/mol. The second-order valence-corrected chi connectivity index (χ2v) is 6.72. The topological polar surface area (TPSA) is 105 Å². The minimum absolute atomic E-state index is 0.0652. The van der Waals surface area contributed by atoms with Crippen LogP contribution in [0.5, 0.6) is 0 Å². The van der Waals surface area contributed by atoms with Crippen LogP contribution in [0.4, 0.5) is 0 Å². The van der Waals surface area contributed by atoms with Gasteiger partial charge in [0.25, 0.3) is 11.1 Å². The van der Waals surface area contributed by atoms with E-state index in [0.29, 0.717) is 37.1 Å². The molecular formula is C22H20N4O5. The standard InChI is InChI=1S/C12H12N2O3.C10H8N2O2/c15-11-4-3-9-10(2-1-5-13-9)14(11)8-12-16-6-7-17-12;13-7-6-12-9-2-1-5-11-8(9)3-4-10(12)14/h1-5,12H,6-8H2;1-5,7H,6H2. The molecule has 1 aliphatic rings. The summed E-state index contributed by atoms with van der Waals surface area (Å²) in [6.45, 7) is 1.65. The Hall–Kier alpha value is -3.69. The molecule has 0 aromatic carbocycles. The molecule has 9 nitrogen and oxygen atoms in total. The molecule has 0 spiro atoms. The number of pyridine rings is 4. The van der Waals surface area contributed by atoms with Gasteiger partial charge in [-0.25, -0.2) is 0 Å². The molecule has 31 heavy (non-hydrogen) atoms. The van der Waals surface area contributed by atoms with Crippen LogP contribution in [-0.2, 0) is 27.4 Å². The molecule has 0 atom stereocenters. The van der Waals surface area contributed by atoms with Crippen molar-refractivity contribution in [3.63, 3.8) is 0 Å². The molecule has 5 rings (SSSR count). The quantitative estimate of drug-likeness (QED) is 0.459. The summed E-state index contributed by atoms with van der Waals surface area (Å²) < 4.78 is 13.8. The maximum absolute atomic E-state index is 11.8. The highest BCUT2D eigenvalue weighted by atomic mass is 16.7. The van der Waals surface area contributed by atoms with Gasteiger partial charge in [-0.2, -0.15) is 0 Å². The fourth-order valence-corrected chi connectivity index (χ4v) is 3.36. The minimum atomic E-state index is -0.335. The molecule has 0 radical (unpaired) electrons. The molecule has 0 saturated carbocycles. The van der Waals surface area contributed by atoms with Gasteiger partial charge in [-0.1, -0.05) is 0 Å². The van der Waals surface area contributed by atoms with Gasteiger partial charge < -0.3 is 18.8 Å². The number of rotatable bonds is 4. The van der Waals surface area contributed by atoms with Gasteiger partial charge in [0.2, 0.25) is 0 Å². The number of aldehydes is 1. The lowest BCUT2D eigenvalue weighted by atomic mass is 10.3. The fraction of sp³-hybridized carbons (Fsp3) is 0.227. The second kappa shape index (κ2) is 9.41. The molecule has 1 aliphatic heterocycles.